The zero-order chi connectivity index (χ0) is 37.1. The monoisotopic (exact) mass is 756 g/mol. The Kier molecular flexibility index (Phi) is 10.3. The van der Waals surface area contributed by atoms with E-state index < -0.39 is 5.82 Å². The zero-order valence-corrected chi connectivity index (χ0v) is 29.8. The Balaban J connectivity index is 0.000000164. The minimum Gasteiger partial charge on any atom is -0.494 e. The molecule has 8 rings (SSSR count). The second-order valence-corrected chi connectivity index (χ2v) is 13.0. The molecule has 0 saturated carbocycles. The maximum atomic E-state index is 13.7. The number of halogens is 3. The van der Waals surface area contributed by atoms with Gasteiger partial charge in [0.15, 0.2) is 21.6 Å². The van der Waals surface area contributed by atoms with Crippen LogP contribution in [0.1, 0.15) is 26.3 Å². The van der Waals surface area contributed by atoms with Gasteiger partial charge in [-0.2, -0.15) is 5.26 Å². The van der Waals surface area contributed by atoms with Crippen LogP contribution >= 0.6 is 23.2 Å². The Bertz CT molecular complexity index is 2350. The molecule has 0 aliphatic carbocycles. The predicted molar refractivity (Wildman–Crippen MR) is 196 cm³/mol. The molecule has 2 saturated heterocycles. The summed E-state index contributed by atoms with van der Waals surface area (Å²) < 4.78 is 30.0. The van der Waals surface area contributed by atoms with Crippen LogP contribution < -0.4 is 14.5 Å². The molecule has 1 aromatic carbocycles. The number of hydrogen-bond acceptors (Lipinski definition) is 11. The Morgan fingerprint density at radius 1 is 0.755 bits per heavy atom. The smallest absolute Gasteiger partial charge is 0.259 e. The highest BCUT2D eigenvalue weighted by atomic mass is 35.5. The number of carbonyl (C=O) groups is 2. The van der Waals surface area contributed by atoms with Crippen LogP contribution in [-0.2, 0) is 0 Å². The van der Waals surface area contributed by atoms with E-state index >= 15 is 0 Å². The molecule has 270 valence electrons. The van der Waals surface area contributed by atoms with Crippen molar-refractivity contribution in [2.45, 2.75) is 0 Å². The second-order valence-electron chi connectivity index (χ2n) is 12.2. The number of nitrogens with zero attached hydrogens (tertiary/aromatic N) is 8. The average molecular weight is 758 g/mol. The number of piperazine rings is 2. The van der Waals surface area contributed by atoms with Crippen LogP contribution in [0.3, 0.4) is 0 Å². The molecule has 13 nitrogen and oxygen atoms in total. The number of pyridine rings is 3. The molecule has 0 atom stereocenters. The lowest BCUT2D eigenvalue weighted by Gasteiger charge is -2.36. The molecule has 2 aliphatic heterocycles. The van der Waals surface area contributed by atoms with Crippen molar-refractivity contribution in [3.05, 3.63) is 107 Å². The summed E-state index contributed by atoms with van der Waals surface area (Å²) in [6.07, 6.45) is 9.71. The summed E-state index contributed by atoms with van der Waals surface area (Å²) in [7, 11) is 1.64. The van der Waals surface area contributed by atoms with Gasteiger partial charge in [0.2, 0.25) is 0 Å². The normalized spacial score (nSPS) is 14.5. The van der Waals surface area contributed by atoms with Gasteiger partial charge in [0.05, 0.1) is 30.6 Å². The number of ether oxygens (including phenoxy) is 1. The number of rotatable bonds is 5. The van der Waals surface area contributed by atoms with Gasteiger partial charge in [-0.05, 0) is 41.4 Å². The van der Waals surface area contributed by atoms with Gasteiger partial charge in [0.25, 0.3) is 11.8 Å². The van der Waals surface area contributed by atoms with Crippen molar-refractivity contribution >= 4 is 68.3 Å². The van der Waals surface area contributed by atoms with Crippen molar-refractivity contribution in [3.63, 3.8) is 0 Å². The van der Waals surface area contributed by atoms with Gasteiger partial charge in [-0.1, -0.05) is 0 Å². The molecule has 2 amide bonds. The number of methoxy groups -OCH3 is 1. The molecular formula is C37H31Cl2FN8O5. The summed E-state index contributed by atoms with van der Waals surface area (Å²) in [5.41, 5.74) is 3.55. The Labute approximate surface area is 312 Å². The first-order valence-corrected chi connectivity index (χ1v) is 17.3. The predicted octanol–water partition coefficient (Wildman–Crippen LogP) is 6.30. The van der Waals surface area contributed by atoms with Gasteiger partial charge in [-0.3, -0.25) is 24.5 Å². The molecule has 16 heteroatoms. The van der Waals surface area contributed by atoms with E-state index in [1.165, 1.54) is 24.5 Å². The largest absolute Gasteiger partial charge is 0.494 e. The number of benzene rings is 1. The van der Waals surface area contributed by atoms with E-state index in [4.69, 9.17) is 42.0 Å². The highest BCUT2D eigenvalue weighted by molar-refractivity contribution is 6.30. The minimum atomic E-state index is -0.449. The molecule has 6 aromatic rings. The van der Waals surface area contributed by atoms with Gasteiger partial charge in [0.1, 0.15) is 22.7 Å². The molecule has 7 heterocycles. The van der Waals surface area contributed by atoms with E-state index in [0.717, 1.165) is 16.8 Å². The second kappa shape index (κ2) is 15.4. The van der Waals surface area contributed by atoms with Crippen LogP contribution in [0.15, 0.2) is 82.4 Å². The summed E-state index contributed by atoms with van der Waals surface area (Å²) in [5.74, 6) is 0.0385. The van der Waals surface area contributed by atoms with Crippen molar-refractivity contribution in [3.8, 4) is 11.8 Å². The lowest BCUT2D eigenvalue weighted by Crippen LogP contribution is -2.49. The SMILES string of the molecule is COc1ccncc1N1CCN(C(=O)c2cncc3cc(Cl)oc23)CC1.N#Cc1cc(F)cc(N2CCN(C(=O)c3cncc4cc(Cl)oc34)CC2)c1. The van der Waals surface area contributed by atoms with Crippen LogP contribution in [0.2, 0.25) is 10.4 Å². The van der Waals surface area contributed by atoms with Crippen molar-refractivity contribution < 1.29 is 27.6 Å². The number of fused-ring (bicyclic) bond motifs is 2. The number of furan rings is 2. The third kappa shape index (κ3) is 7.53. The van der Waals surface area contributed by atoms with Gasteiger partial charge < -0.3 is 33.2 Å². The average Bonchev–Trinajstić information content (AvgIpc) is 3.78. The first-order chi connectivity index (χ1) is 25.7. The molecule has 0 spiro atoms. The van der Waals surface area contributed by atoms with Crippen molar-refractivity contribution in [1.82, 2.24) is 24.8 Å². The van der Waals surface area contributed by atoms with E-state index in [-0.39, 0.29) is 27.8 Å². The topological polar surface area (TPSA) is 145 Å². The number of anilines is 2. The van der Waals surface area contributed by atoms with Crippen molar-refractivity contribution in [2.75, 3.05) is 69.3 Å². The zero-order valence-electron chi connectivity index (χ0n) is 28.3. The highest BCUT2D eigenvalue weighted by Gasteiger charge is 2.27. The standard InChI is InChI=1S/C19H14ClFN4O2.C18H17ClN4O3/c20-17-7-13-10-23-11-16(18(13)27-17)19(26)25-3-1-24(2-4-25)15-6-12(9-22)5-14(21)8-15;1-25-15-2-3-20-11-14(15)22-4-6-23(7-5-22)18(24)13-10-21-9-12-8-16(19)26-17(12)13/h5-8,10-11H,1-4H2;2-3,8-11H,4-7H2,1H3. The number of nitriles is 1. The van der Waals surface area contributed by atoms with Crippen LogP contribution in [0.25, 0.3) is 21.9 Å². The third-order valence-electron chi connectivity index (χ3n) is 9.08. The van der Waals surface area contributed by atoms with Crippen LogP contribution in [0, 0.1) is 17.1 Å². The van der Waals surface area contributed by atoms with Gasteiger partial charge in [-0.25, -0.2) is 4.39 Å². The van der Waals surface area contributed by atoms with E-state index in [9.17, 15) is 14.0 Å². The van der Waals surface area contributed by atoms with Crippen LogP contribution in [0.4, 0.5) is 15.8 Å². The van der Waals surface area contributed by atoms with E-state index in [2.05, 4.69) is 19.9 Å². The van der Waals surface area contributed by atoms with Gasteiger partial charge in [-0.15, -0.1) is 0 Å². The molecule has 0 unspecified atom stereocenters. The van der Waals surface area contributed by atoms with Crippen molar-refractivity contribution in [1.29, 1.82) is 5.26 Å². The van der Waals surface area contributed by atoms with E-state index in [0.29, 0.717) is 85.7 Å². The highest BCUT2D eigenvalue weighted by Crippen LogP contribution is 2.30. The quantitative estimate of drug-likeness (QED) is 0.195. The Hall–Kier alpha value is -5.91. The molecule has 53 heavy (non-hydrogen) atoms. The lowest BCUT2D eigenvalue weighted by molar-refractivity contribution is 0.0739. The maximum Gasteiger partial charge on any atom is 0.259 e. The third-order valence-corrected chi connectivity index (χ3v) is 9.45. The first-order valence-electron chi connectivity index (χ1n) is 16.6. The van der Waals surface area contributed by atoms with Crippen molar-refractivity contribution in [2.24, 2.45) is 0 Å². The van der Waals surface area contributed by atoms with Gasteiger partial charge >= 0.3 is 0 Å². The van der Waals surface area contributed by atoms with Crippen LogP contribution in [0.5, 0.6) is 5.75 Å². The summed E-state index contributed by atoms with van der Waals surface area (Å²) in [5, 5.41) is 10.8. The molecule has 0 radical (unpaired) electrons. The molecule has 5 aromatic heterocycles. The Morgan fingerprint density at radius 3 is 1.83 bits per heavy atom. The molecule has 0 bridgehead atoms. The molecule has 2 aliphatic rings. The molecule has 0 N–H and O–H groups in total. The number of hydrogen-bond donors (Lipinski definition) is 0. The summed E-state index contributed by atoms with van der Waals surface area (Å²) in [6, 6.07) is 11.3. The van der Waals surface area contributed by atoms with E-state index in [1.807, 2.05) is 17.0 Å². The summed E-state index contributed by atoms with van der Waals surface area (Å²) in [4.78, 5) is 45.8. The number of aromatic nitrogens is 3. The summed E-state index contributed by atoms with van der Waals surface area (Å²) in [6.45, 7) is 4.53. The summed E-state index contributed by atoms with van der Waals surface area (Å²) >= 11 is 11.8. The van der Waals surface area contributed by atoms with Gasteiger partial charge in [0, 0.05) is 118 Å². The maximum absolute atomic E-state index is 13.7. The fourth-order valence-corrected chi connectivity index (χ4v) is 6.82. The molecule has 2 fully saturated rings. The number of carbonyl (C=O) groups excluding carboxylic acids is 2. The Morgan fingerprint density at radius 2 is 1.30 bits per heavy atom. The lowest BCUT2D eigenvalue weighted by atomic mass is 10.1. The molecular weight excluding hydrogens is 726 g/mol. The fraction of sp³-hybridized carbons (Fsp3) is 0.243. The van der Waals surface area contributed by atoms with Crippen LogP contribution in [-0.4, -0.2) is 96.0 Å². The fourth-order valence-electron chi connectivity index (χ4n) is 6.43. The number of amides is 2. The van der Waals surface area contributed by atoms with E-state index in [1.54, 1.807) is 59.9 Å². The first kappa shape index (κ1) is 35.5. The minimum absolute atomic E-state index is 0.105.